The zero-order valence-electron chi connectivity index (χ0n) is 24.6. The van der Waals surface area contributed by atoms with E-state index < -0.39 is 6.04 Å². The predicted octanol–water partition coefficient (Wildman–Crippen LogP) is 8.44. The Kier molecular flexibility index (Phi) is 9.83. The summed E-state index contributed by atoms with van der Waals surface area (Å²) in [4.78, 5) is 18.8. The molecule has 4 aromatic rings. The lowest BCUT2D eigenvalue weighted by Gasteiger charge is -2.29. The van der Waals surface area contributed by atoms with Crippen LogP contribution in [-0.4, -0.2) is 33.5 Å². The highest BCUT2D eigenvalue weighted by molar-refractivity contribution is 9.10. The first-order valence-electron chi connectivity index (χ1n) is 13.9. The van der Waals surface area contributed by atoms with Crippen LogP contribution in [0.4, 0.5) is 11.6 Å². The van der Waals surface area contributed by atoms with Crippen LogP contribution in [0.15, 0.2) is 80.0 Å². The molecule has 0 aliphatic carbocycles. The van der Waals surface area contributed by atoms with Crippen LogP contribution in [0.3, 0.4) is 0 Å². The number of anilines is 2. The van der Waals surface area contributed by atoms with Crippen LogP contribution < -0.4 is 20.1 Å². The van der Waals surface area contributed by atoms with Gasteiger partial charge in [-0.2, -0.15) is 4.98 Å². The van der Waals surface area contributed by atoms with E-state index >= 15 is 0 Å². The van der Waals surface area contributed by atoms with Crippen molar-refractivity contribution in [1.29, 1.82) is 0 Å². The van der Waals surface area contributed by atoms with Crippen molar-refractivity contribution in [2.24, 2.45) is 0 Å². The molecule has 0 saturated heterocycles. The van der Waals surface area contributed by atoms with Crippen LogP contribution in [0.5, 0.6) is 11.5 Å². The third-order valence-corrected chi connectivity index (χ3v) is 9.39. The number of fused-ring (bicyclic) bond motifs is 1. The molecule has 5 rings (SSSR count). The van der Waals surface area contributed by atoms with E-state index in [4.69, 9.17) is 19.6 Å². The highest BCUT2D eigenvalue weighted by Gasteiger charge is 2.35. The summed E-state index contributed by atoms with van der Waals surface area (Å²) in [5.41, 5.74) is 5.94. The fourth-order valence-electron chi connectivity index (χ4n) is 4.84. The van der Waals surface area contributed by atoms with Crippen LogP contribution in [0, 0.1) is 13.8 Å². The highest BCUT2D eigenvalue weighted by atomic mass is 79.9. The van der Waals surface area contributed by atoms with Gasteiger partial charge in [0.15, 0.2) is 11.5 Å². The van der Waals surface area contributed by atoms with Crippen molar-refractivity contribution in [3.05, 3.63) is 97.1 Å². The zero-order chi connectivity index (χ0) is 30.7. The van der Waals surface area contributed by atoms with E-state index in [1.807, 2.05) is 75.4 Å². The number of benzene rings is 3. The molecular weight excluding hydrogens is 694 g/mol. The van der Waals surface area contributed by atoms with Gasteiger partial charge in [-0.15, -0.1) is 5.10 Å². The second-order valence-electron chi connectivity index (χ2n) is 10.2. The first-order chi connectivity index (χ1) is 20.7. The average molecular weight is 728 g/mol. The Labute approximate surface area is 272 Å². The molecule has 0 radical (unpaired) electrons. The summed E-state index contributed by atoms with van der Waals surface area (Å²) >= 11 is 8.78. The smallest absolute Gasteiger partial charge is 0.255 e. The first-order valence-corrected chi connectivity index (χ1v) is 16.5. The lowest BCUT2D eigenvalue weighted by molar-refractivity contribution is -0.113. The number of carbonyl (C=O) groups excluding carboxylic acids is 1. The SMILES string of the molecule is CCCSc1nc2n(n1)C(c1cc(Br)c(OCc3ccc(Br)cc3)c(OC)c1)C(C(=O)Nc1cccc(C)c1C)=C(C)N2. The Morgan fingerprint density at radius 1 is 1.12 bits per heavy atom. The number of aryl methyl sites for hydroxylation is 1. The van der Waals surface area contributed by atoms with Gasteiger partial charge in [0, 0.05) is 21.6 Å². The number of rotatable bonds is 10. The van der Waals surface area contributed by atoms with Gasteiger partial charge in [-0.3, -0.25) is 4.79 Å². The molecular formula is C32H33Br2N5O3S. The van der Waals surface area contributed by atoms with Gasteiger partial charge < -0.3 is 20.1 Å². The van der Waals surface area contributed by atoms with Gasteiger partial charge in [-0.25, -0.2) is 4.68 Å². The molecule has 2 heterocycles. The number of amides is 1. The normalized spacial score (nSPS) is 14.3. The monoisotopic (exact) mass is 725 g/mol. The van der Waals surface area contributed by atoms with Gasteiger partial charge in [0.25, 0.3) is 5.91 Å². The molecule has 1 aliphatic rings. The minimum atomic E-state index is -0.574. The van der Waals surface area contributed by atoms with Crippen molar-refractivity contribution in [3.8, 4) is 11.5 Å². The van der Waals surface area contributed by atoms with Crippen LogP contribution >= 0.6 is 43.6 Å². The lowest BCUT2D eigenvalue weighted by atomic mass is 9.94. The van der Waals surface area contributed by atoms with Gasteiger partial charge in [-0.1, -0.05) is 58.9 Å². The maximum absolute atomic E-state index is 14.1. The summed E-state index contributed by atoms with van der Waals surface area (Å²) < 4.78 is 15.5. The maximum Gasteiger partial charge on any atom is 0.255 e. The Bertz CT molecular complexity index is 1690. The fourth-order valence-corrected chi connectivity index (χ4v) is 6.36. The quantitative estimate of drug-likeness (QED) is 0.159. The van der Waals surface area contributed by atoms with Gasteiger partial charge in [0.2, 0.25) is 11.1 Å². The van der Waals surface area contributed by atoms with Crippen molar-refractivity contribution in [2.45, 2.75) is 51.9 Å². The average Bonchev–Trinajstić information content (AvgIpc) is 3.39. The van der Waals surface area contributed by atoms with Crippen LogP contribution in [0.2, 0.25) is 0 Å². The molecule has 1 aliphatic heterocycles. The Morgan fingerprint density at radius 2 is 1.88 bits per heavy atom. The summed E-state index contributed by atoms with van der Waals surface area (Å²) in [6.07, 6.45) is 0.998. The molecule has 1 unspecified atom stereocenters. The number of hydrogen-bond acceptors (Lipinski definition) is 7. The number of carbonyl (C=O) groups is 1. The summed E-state index contributed by atoms with van der Waals surface area (Å²) in [6, 6.07) is 17.1. The van der Waals surface area contributed by atoms with E-state index in [0.717, 1.165) is 44.6 Å². The molecule has 0 saturated carbocycles. The third-order valence-electron chi connectivity index (χ3n) is 7.23. The number of hydrogen-bond donors (Lipinski definition) is 2. The molecule has 224 valence electrons. The molecule has 0 bridgehead atoms. The highest BCUT2D eigenvalue weighted by Crippen LogP contribution is 2.43. The summed E-state index contributed by atoms with van der Waals surface area (Å²) in [5.74, 6) is 2.36. The predicted molar refractivity (Wildman–Crippen MR) is 179 cm³/mol. The van der Waals surface area contributed by atoms with Gasteiger partial charge in [0.1, 0.15) is 12.6 Å². The van der Waals surface area contributed by atoms with E-state index in [2.05, 4.69) is 49.4 Å². The number of methoxy groups -OCH3 is 1. The number of nitrogens with one attached hydrogen (secondary N) is 2. The van der Waals surface area contributed by atoms with Crippen molar-refractivity contribution < 1.29 is 14.3 Å². The van der Waals surface area contributed by atoms with E-state index in [-0.39, 0.29) is 5.91 Å². The maximum atomic E-state index is 14.1. The van der Waals surface area contributed by atoms with Crippen molar-refractivity contribution in [1.82, 2.24) is 14.8 Å². The number of halogens is 2. The summed E-state index contributed by atoms with van der Waals surface area (Å²) in [7, 11) is 1.61. The van der Waals surface area contributed by atoms with Crippen LogP contribution in [0.1, 0.15) is 48.6 Å². The molecule has 11 heteroatoms. The third kappa shape index (κ3) is 6.78. The summed E-state index contributed by atoms with van der Waals surface area (Å²) in [5, 5.41) is 12.0. The standard InChI is InChI=1S/C32H33Br2N5O3S/c1-6-14-43-32-37-31-35-20(4)27(30(40)36-25-9-7-8-18(2)19(25)3)28(39(31)38-32)22-15-24(34)29(26(16-22)41-5)42-17-21-10-12-23(33)13-11-21/h7-13,15-16,28H,6,14,17H2,1-5H3,(H,36,40)(H,35,37,38). The van der Waals surface area contributed by atoms with Crippen molar-refractivity contribution in [3.63, 3.8) is 0 Å². The molecule has 8 nitrogen and oxygen atoms in total. The Balaban J connectivity index is 1.55. The Morgan fingerprint density at radius 3 is 2.60 bits per heavy atom. The van der Waals surface area contributed by atoms with E-state index in [1.54, 1.807) is 23.6 Å². The van der Waals surface area contributed by atoms with Crippen LogP contribution in [-0.2, 0) is 11.4 Å². The second kappa shape index (κ2) is 13.6. The minimum absolute atomic E-state index is 0.224. The minimum Gasteiger partial charge on any atom is -0.493 e. The molecule has 1 amide bonds. The van der Waals surface area contributed by atoms with Gasteiger partial charge in [-0.05, 0) is 95.7 Å². The van der Waals surface area contributed by atoms with Gasteiger partial charge in [0.05, 0.1) is 17.2 Å². The fraction of sp³-hybridized carbons (Fsp3) is 0.281. The number of ether oxygens (including phenoxy) is 2. The molecule has 1 aromatic heterocycles. The number of aromatic nitrogens is 3. The lowest BCUT2D eigenvalue weighted by Crippen LogP contribution is -2.31. The number of thioether (sulfide) groups is 1. The zero-order valence-corrected chi connectivity index (χ0v) is 28.6. The topological polar surface area (TPSA) is 90.3 Å². The van der Waals surface area contributed by atoms with Gasteiger partial charge >= 0.3 is 0 Å². The van der Waals surface area contributed by atoms with Crippen LogP contribution in [0.25, 0.3) is 0 Å². The molecule has 0 fully saturated rings. The van der Waals surface area contributed by atoms with E-state index in [9.17, 15) is 4.79 Å². The van der Waals surface area contributed by atoms with Crippen molar-refractivity contribution >= 4 is 61.2 Å². The Hall–Kier alpha value is -3.28. The molecule has 0 spiro atoms. The number of nitrogens with zero attached hydrogens (tertiary/aromatic N) is 3. The molecule has 1 atom stereocenters. The first kappa shape index (κ1) is 31.2. The molecule has 2 N–H and O–H groups in total. The largest absolute Gasteiger partial charge is 0.493 e. The summed E-state index contributed by atoms with van der Waals surface area (Å²) in [6.45, 7) is 8.41. The molecule has 43 heavy (non-hydrogen) atoms. The van der Waals surface area contributed by atoms with Crippen molar-refractivity contribution in [2.75, 3.05) is 23.5 Å². The van der Waals surface area contributed by atoms with E-state index in [1.165, 1.54) is 0 Å². The molecule has 3 aromatic carbocycles. The second-order valence-corrected chi connectivity index (χ2v) is 13.1. The number of allylic oxidation sites excluding steroid dienone is 1. The van der Waals surface area contributed by atoms with E-state index in [0.29, 0.717) is 45.0 Å².